The zero-order valence-electron chi connectivity index (χ0n) is 8.50. The largest absolute Gasteiger partial charge is 0.462 e. The molecule has 0 saturated heterocycles. The Hall–Kier alpha value is -1.53. The number of carbonyl (C=O) groups is 1. The van der Waals surface area contributed by atoms with Crippen molar-refractivity contribution in [1.82, 2.24) is 0 Å². The Bertz CT molecular complexity index is 435. The van der Waals surface area contributed by atoms with Crippen molar-refractivity contribution >= 4 is 17.6 Å². The molecule has 0 heterocycles. The molecule has 0 radical (unpaired) electrons. The summed E-state index contributed by atoms with van der Waals surface area (Å²) in [4.78, 5) is 11.5. The first-order valence-corrected chi connectivity index (χ1v) is 4.85. The highest BCUT2D eigenvalue weighted by atomic mass is 35.5. The number of hydrogen-bond donors (Lipinski definition) is 0. The number of benzene rings is 1. The summed E-state index contributed by atoms with van der Waals surface area (Å²) in [6, 6.07) is 5.02. The predicted molar refractivity (Wildman–Crippen MR) is 56.9 cm³/mol. The summed E-state index contributed by atoms with van der Waals surface area (Å²) >= 11 is 5.79. The first-order valence-electron chi connectivity index (χ1n) is 4.47. The summed E-state index contributed by atoms with van der Waals surface area (Å²) in [6.07, 6.45) is 0. The van der Waals surface area contributed by atoms with Crippen LogP contribution in [0.3, 0.4) is 0 Å². The summed E-state index contributed by atoms with van der Waals surface area (Å²) in [5.41, 5.74) is 1.34. The van der Waals surface area contributed by atoms with Crippen molar-refractivity contribution < 1.29 is 9.53 Å². The average molecular weight is 224 g/mol. The minimum absolute atomic E-state index is 0.298. The number of nitriles is 1. The van der Waals surface area contributed by atoms with E-state index in [2.05, 4.69) is 0 Å². The lowest BCUT2D eigenvalue weighted by Crippen LogP contribution is -2.07. The Morgan fingerprint density at radius 1 is 1.60 bits per heavy atom. The Morgan fingerprint density at radius 2 is 2.27 bits per heavy atom. The number of ether oxygens (including phenoxy) is 1. The zero-order valence-corrected chi connectivity index (χ0v) is 9.26. The van der Waals surface area contributed by atoms with Gasteiger partial charge in [-0.15, -0.1) is 0 Å². The molecular formula is C11H10ClNO2. The summed E-state index contributed by atoms with van der Waals surface area (Å²) < 4.78 is 4.86. The third-order valence-electron chi connectivity index (χ3n) is 1.99. The molecule has 0 spiro atoms. The molecular weight excluding hydrogens is 214 g/mol. The van der Waals surface area contributed by atoms with Crippen molar-refractivity contribution in [1.29, 1.82) is 5.26 Å². The Labute approximate surface area is 93.2 Å². The van der Waals surface area contributed by atoms with Gasteiger partial charge in [0.2, 0.25) is 0 Å². The number of hydrogen-bond acceptors (Lipinski definition) is 3. The van der Waals surface area contributed by atoms with E-state index >= 15 is 0 Å². The lowest BCUT2D eigenvalue weighted by molar-refractivity contribution is 0.0525. The van der Waals surface area contributed by atoms with E-state index in [4.69, 9.17) is 21.6 Å². The van der Waals surface area contributed by atoms with Gasteiger partial charge in [-0.2, -0.15) is 5.26 Å². The molecule has 0 N–H and O–H groups in total. The average Bonchev–Trinajstić information content (AvgIpc) is 2.21. The molecule has 0 bridgehead atoms. The summed E-state index contributed by atoms with van der Waals surface area (Å²) in [5, 5.41) is 9.18. The maximum absolute atomic E-state index is 11.5. The molecule has 15 heavy (non-hydrogen) atoms. The van der Waals surface area contributed by atoms with E-state index in [0.29, 0.717) is 28.3 Å². The van der Waals surface area contributed by atoms with Crippen LogP contribution in [0.5, 0.6) is 0 Å². The van der Waals surface area contributed by atoms with E-state index in [1.54, 1.807) is 13.8 Å². The molecule has 0 aliphatic heterocycles. The second kappa shape index (κ2) is 4.81. The van der Waals surface area contributed by atoms with Gasteiger partial charge >= 0.3 is 5.97 Å². The van der Waals surface area contributed by atoms with Crippen LogP contribution in [-0.2, 0) is 4.74 Å². The lowest BCUT2D eigenvalue weighted by Gasteiger charge is -2.07. The first kappa shape index (κ1) is 11.5. The van der Waals surface area contributed by atoms with Gasteiger partial charge in [-0.1, -0.05) is 11.6 Å². The molecule has 0 unspecified atom stereocenters. The van der Waals surface area contributed by atoms with Gasteiger partial charge in [-0.3, -0.25) is 0 Å². The van der Waals surface area contributed by atoms with Gasteiger partial charge in [-0.05, 0) is 31.5 Å². The second-order valence-corrected chi connectivity index (χ2v) is 3.39. The van der Waals surface area contributed by atoms with Crippen LogP contribution in [0.25, 0.3) is 0 Å². The zero-order chi connectivity index (χ0) is 11.4. The molecule has 0 aromatic heterocycles. The van der Waals surface area contributed by atoms with Gasteiger partial charge in [0.05, 0.1) is 23.8 Å². The van der Waals surface area contributed by atoms with Crippen LogP contribution in [0.15, 0.2) is 12.1 Å². The van der Waals surface area contributed by atoms with Crippen molar-refractivity contribution in [2.75, 3.05) is 6.61 Å². The van der Waals surface area contributed by atoms with Crippen LogP contribution in [0, 0.1) is 18.3 Å². The number of carbonyl (C=O) groups excluding carboxylic acids is 1. The molecule has 0 saturated carbocycles. The molecule has 78 valence electrons. The minimum atomic E-state index is -0.450. The van der Waals surface area contributed by atoms with E-state index in [9.17, 15) is 4.79 Å². The molecule has 3 nitrogen and oxygen atoms in total. The predicted octanol–water partition coefficient (Wildman–Crippen LogP) is 2.70. The van der Waals surface area contributed by atoms with E-state index < -0.39 is 5.97 Å². The molecule has 0 fully saturated rings. The van der Waals surface area contributed by atoms with E-state index in [1.165, 1.54) is 12.1 Å². The van der Waals surface area contributed by atoms with Crippen molar-refractivity contribution in [3.8, 4) is 6.07 Å². The maximum Gasteiger partial charge on any atom is 0.338 e. The van der Waals surface area contributed by atoms with Gasteiger partial charge in [0.25, 0.3) is 0 Å². The first-order chi connectivity index (χ1) is 7.10. The molecule has 4 heteroatoms. The quantitative estimate of drug-likeness (QED) is 0.725. The standard InChI is InChI=1S/C11H10ClNO2/c1-3-15-11(14)10-5-9(12)4-8(6-13)7(10)2/h4-5H,3H2,1-2H3. The lowest BCUT2D eigenvalue weighted by atomic mass is 10.0. The minimum Gasteiger partial charge on any atom is -0.462 e. The van der Waals surface area contributed by atoms with Crippen LogP contribution in [0.1, 0.15) is 28.4 Å². The summed E-state index contributed by atoms with van der Waals surface area (Å²) in [7, 11) is 0. The van der Waals surface area contributed by atoms with E-state index in [0.717, 1.165) is 0 Å². The van der Waals surface area contributed by atoms with Crippen molar-refractivity contribution in [2.24, 2.45) is 0 Å². The number of rotatable bonds is 2. The number of nitrogens with zero attached hydrogens (tertiary/aromatic N) is 1. The molecule has 1 rings (SSSR count). The normalized spacial score (nSPS) is 9.47. The van der Waals surface area contributed by atoms with Crippen LogP contribution < -0.4 is 0 Å². The van der Waals surface area contributed by atoms with Crippen LogP contribution >= 0.6 is 11.6 Å². The van der Waals surface area contributed by atoms with E-state index in [-0.39, 0.29) is 0 Å². The van der Waals surface area contributed by atoms with Gasteiger partial charge in [0.15, 0.2) is 0 Å². The molecule has 1 aromatic carbocycles. The third-order valence-corrected chi connectivity index (χ3v) is 2.21. The number of halogens is 1. The van der Waals surface area contributed by atoms with Crippen LogP contribution in [-0.4, -0.2) is 12.6 Å². The molecule has 0 atom stereocenters. The Balaban J connectivity index is 3.24. The van der Waals surface area contributed by atoms with Gasteiger partial charge in [0.1, 0.15) is 0 Å². The fourth-order valence-electron chi connectivity index (χ4n) is 1.22. The van der Waals surface area contributed by atoms with Crippen LogP contribution in [0.2, 0.25) is 5.02 Å². The number of esters is 1. The smallest absolute Gasteiger partial charge is 0.338 e. The van der Waals surface area contributed by atoms with E-state index in [1.807, 2.05) is 6.07 Å². The molecule has 0 amide bonds. The molecule has 0 aliphatic carbocycles. The van der Waals surface area contributed by atoms with Gasteiger partial charge < -0.3 is 4.74 Å². The SMILES string of the molecule is CCOC(=O)c1cc(Cl)cc(C#N)c1C. The maximum atomic E-state index is 11.5. The second-order valence-electron chi connectivity index (χ2n) is 2.96. The topological polar surface area (TPSA) is 50.1 Å². The third kappa shape index (κ3) is 2.48. The summed E-state index contributed by atoms with van der Waals surface area (Å²) in [5.74, 6) is -0.450. The monoisotopic (exact) mass is 223 g/mol. The van der Waals surface area contributed by atoms with Gasteiger partial charge in [-0.25, -0.2) is 4.79 Å². The fraction of sp³-hybridized carbons (Fsp3) is 0.273. The van der Waals surface area contributed by atoms with Gasteiger partial charge in [0, 0.05) is 5.02 Å². The Kier molecular flexibility index (Phi) is 3.70. The van der Waals surface area contributed by atoms with Crippen molar-refractivity contribution in [2.45, 2.75) is 13.8 Å². The van der Waals surface area contributed by atoms with Crippen molar-refractivity contribution in [3.63, 3.8) is 0 Å². The van der Waals surface area contributed by atoms with Crippen molar-refractivity contribution in [3.05, 3.63) is 33.8 Å². The Morgan fingerprint density at radius 3 is 2.80 bits per heavy atom. The van der Waals surface area contributed by atoms with Crippen LogP contribution in [0.4, 0.5) is 0 Å². The summed E-state index contributed by atoms with van der Waals surface area (Å²) in [6.45, 7) is 3.72. The highest BCUT2D eigenvalue weighted by Crippen LogP contribution is 2.20. The highest BCUT2D eigenvalue weighted by Gasteiger charge is 2.14. The fourth-order valence-corrected chi connectivity index (χ4v) is 1.43. The molecule has 1 aromatic rings. The molecule has 0 aliphatic rings. The highest BCUT2D eigenvalue weighted by molar-refractivity contribution is 6.31.